The second-order valence-corrected chi connectivity index (χ2v) is 9.72. The summed E-state index contributed by atoms with van der Waals surface area (Å²) < 4.78 is 49.1. The molecule has 3 aromatic rings. The first-order chi connectivity index (χ1) is 14.5. The van der Waals surface area contributed by atoms with E-state index in [1.807, 2.05) is 25.5 Å². The molecule has 2 aromatic carbocycles. The van der Waals surface area contributed by atoms with Gasteiger partial charge in [-0.2, -0.15) is 5.10 Å². The lowest BCUT2D eigenvalue weighted by Gasteiger charge is -2.21. The molecule has 164 valence electrons. The lowest BCUT2D eigenvalue weighted by Crippen LogP contribution is -2.31. The van der Waals surface area contributed by atoms with Crippen LogP contribution in [-0.4, -0.2) is 31.2 Å². The van der Waals surface area contributed by atoms with Gasteiger partial charge in [0, 0.05) is 12.4 Å². The molecule has 0 spiro atoms. The monoisotopic (exact) mass is 445 g/mol. The molecule has 0 saturated heterocycles. The van der Waals surface area contributed by atoms with Gasteiger partial charge in [-0.1, -0.05) is 32.9 Å². The van der Waals surface area contributed by atoms with Crippen molar-refractivity contribution in [2.24, 2.45) is 0 Å². The number of amides is 1. The van der Waals surface area contributed by atoms with E-state index in [0.717, 1.165) is 5.56 Å². The Morgan fingerprint density at radius 1 is 1.19 bits per heavy atom. The number of methoxy groups -OCH3 is 1. The number of carbonyl (C=O) groups is 1. The molecule has 3 rings (SSSR count). The average Bonchev–Trinajstić information content (AvgIpc) is 3.19. The Hall–Kier alpha value is -3.20. The number of aromatic nitrogens is 2. The highest BCUT2D eigenvalue weighted by Crippen LogP contribution is 2.30. The normalized spacial score (nSPS) is 11.9. The molecule has 0 atom stereocenters. The maximum absolute atomic E-state index is 14.6. The first kappa shape index (κ1) is 22.5. The fourth-order valence-corrected chi connectivity index (χ4v) is 4.17. The Kier molecular flexibility index (Phi) is 6.17. The van der Waals surface area contributed by atoms with E-state index in [1.165, 1.54) is 31.4 Å². The van der Waals surface area contributed by atoms with Crippen molar-refractivity contribution < 1.29 is 22.3 Å². The van der Waals surface area contributed by atoms with Crippen molar-refractivity contribution in [3.05, 3.63) is 77.4 Å². The molecule has 1 amide bonds. The third-order valence-corrected chi connectivity index (χ3v) is 6.08. The van der Waals surface area contributed by atoms with Crippen LogP contribution in [-0.2, 0) is 22.0 Å². The number of ether oxygens (including phenoxy) is 1. The maximum Gasteiger partial charge on any atom is 0.268 e. The van der Waals surface area contributed by atoms with Crippen LogP contribution in [0.1, 0.15) is 42.3 Å². The fraction of sp³-hybridized carbons (Fsp3) is 0.273. The van der Waals surface area contributed by atoms with Crippen LogP contribution >= 0.6 is 0 Å². The van der Waals surface area contributed by atoms with Crippen LogP contribution in [0.3, 0.4) is 0 Å². The van der Waals surface area contributed by atoms with Gasteiger partial charge in [-0.15, -0.1) is 0 Å². The molecule has 0 bridgehead atoms. The lowest BCUT2D eigenvalue weighted by molar-refractivity contribution is 0.0977. The summed E-state index contributed by atoms with van der Waals surface area (Å²) in [4.78, 5) is 12.4. The van der Waals surface area contributed by atoms with Gasteiger partial charge in [0.05, 0.1) is 19.2 Å². The van der Waals surface area contributed by atoms with Crippen molar-refractivity contribution in [3.8, 4) is 5.75 Å². The summed E-state index contributed by atoms with van der Waals surface area (Å²) in [7, 11) is -2.97. The van der Waals surface area contributed by atoms with Crippen molar-refractivity contribution in [1.82, 2.24) is 14.5 Å². The van der Waals surface area contributed by atoms with Gasteiger partial charge in [-0.25, -0.2) is 17.5 Å². The predicted molar refractivity (Wildman–Crippen MR) is 114 cm³/mol. The Labute approximate surface area is 180 Å². The molecule has 0 aliphatic rings. The number of rotatable bonds is 6. The summed E-state index contributed by atoms with van der Waals surface area (Å²) in [5.41, 5.74) is 0.631. The maximum atomic E-state index is 14.6. The standard InChI is InChI=1S/C22H24FN3O4S/c1-22(2,3)16-7-9-19(30-4)20(13-16)31(28,29)25-21(27)17-8-6-15(12-18(17)23)14-26-11-5-10-24-26/h5-13H,14H2,1-4H3,(H,25,27). The number of nitrogens with one attached hydrogen (secondary N) is 1. The number of hydrogen-bond donors (Lipinski definition) is 1. The van der Waals surface area contributed by atoms with Crippen LogP contribution in [0.5, 0.6) is 5.75 Å². The van der Waals surface area contributed by atoms with Crippen LogP contribution in [0.2, 0.25) is 0 Å². The molecule has 1 N–H and O–H groups in total. The summed E-state index contributed by atoms with van der Waals surface area (Å²) in [6.07, 6.45) is 3.33. The van der Waals surface area contributed by atoms with Crippen molar-refractivity contribution in [1.29, 1.82) is 0 Å². The van der Waals surface area contributed by atoms with Crippen LogP contribution in [0.4, 0.5) is 4.39 Å². The Morgan fingerprint density at radius 2 is 1.94 bits per heavy atom. The van der Waals surface area contributed by atoms with Crippen molar-refractivity contribution in [2.75, 3.05) is 7.11 Å². The molecule has 7 nitrogen and oxygen atoms in total. The van der Waals surface area contributed by atoms with Gasteiger partial charge in [0.2, 0.25) is 0 Å². The van der Waals surface area contributed by atoms with Crippen molar-refractivity contribution >= 4 is 15.9 Å². The molecule has 0 aliphatic carbocycles. The summed E-state index contributed by atoms with van der Waals surface area (Å²) in [5.74, 6) is -1.80. The third-order valence-electron chi connectivity index (χ3n) is 4.73. The van der Waals surface area contributed by atoms with Crippen LogP contribution in [0.15, 0.2) is 59.8 Å². The number of nitrogens with zero attached hydrogens (tertiary/aromatic N) is 2. The average molecular weight is 446 g/mol. The third kappa shape index (κ3) is 5.11. The molecule has 0 saturated carbocycles. The molecule has 9 heteroatoms. The number of hydrogen-bond acceptors (Lipinski definition) is 5. The number of sulfonamides is 1. The quantitative estimate of drug-likeness (QED) is 0.627. The highest BCUT2D eigenvalue weighted by molar-refractivity contribution is 7.90. The van der Waals surface area contributed by atoms with Crippen molar-refractivity contribution in [3.63, 3.8) is 0 Å². The second kappa shape index (κ2) is 8.50. The fourth-order valence-electron chi connectivity index (χ4n) is 3.01. The molecule has 0 unspecified atom stereocenters. The van der Waals surface area contributed by atoms with Crippen LogP contribution in [0, 0.1) is 5.82 Å². The number of halogens is 1. The molecule has 0 aliphatic heterocycles. The van der Waals surface area contributed by atoms with Gasteiger partial charge in [0.1, 0.15) is 16.5 Å². The SMILES string of the molecule is COc1ccc(C(C)(C)C)cc1S(=O)(=O)NC(=O)c1ccc(Cn2cccn2)cc1F. The highest BCUT2D eigenvalue weighted by Gasteiger charge is 2.26. The number of benzene rings is 2. The molecule has 1 heterocycles. The van der Waals surface area contributed by atoms with Gasteiger partial charge in [-0.05, 0) is 46.9 Å². The topological polar surface area (TPSA) is 90.3 Å². The highest BCUT2D eigenvalue weighted by atomic mass is 32.2. The van der Waals surface area contributed by atoms with E-state index in [0.29, 0.717) is 12.1 Å². The predicted octanol–water partition coefficient (Wildman–Crippen LogP) is 3.50. The zero-order valence-electron chi connectivity index (χ0n) is 17.7. The van der Waals surface area contributed by atoms with Gasteiger partial charge in [-0.3, -0.25) is 9.48 Å². The summed E-state index contributed by atoms with van der Waals surface area (Å²) >= 11 is 0. The van der Waals surface area contributed by atoms with E-state index < -0.39 is 21.7 Å². The van der Waals surface area contributed by atoms with Crippen LogP contribution in [0.25, 0.3) is 0 Å². The number of carbonyl (C=O) groups excluding carboxylic acids is 1. The van der Waals surface area contributed by atoms with E-state index in [4.69, 9.17) is 4.74 Å². The van der Waals surface area contributed by atoms with E-state index in [9.17, 15) is 17.6 Å². The Balaban J connectivity index is 1.87. The summed E-state index contributed by atoms with van der Waals surface area (Å²) in [6.45, 7) is 6.12. The molecule has 0 fully saturated rings. The summed E-state index contributed by atoms with van der Waals surface area (Å²) in [5, 5.41) is 4.05. The Bertz CT molecular complexity index is 1200. The zero-order chi connectivity index (χ0) is 22.8. The molecular weight excluding hydrogens is 421 g/mol. The minimum absolute atomic E-state index is 0.0864. The second-order valence-electron chi connectivity index (χ2n) is 8.07. The van der Waals surface area contributed by atoms with Crippen LogP contribution < -0.4 is 9.46 Å². The summed E-state index contributed by atoms with van der Waals surface area (Å²) in [6, 6.07) is 10.5. The smallest absolute Gasteiger partial charge is 0.268 e. The lowest BCUT2D eigenvalue weighted by atomic mass is 9.87. The molecular formula is C22H24FN3O4S. The van der Waals surface area contributed by atoms with Crippen molar-refractivity contribution in [2.45, 2.75) is 37.6 Å². The molecule has 1 aromatic heterocycles. The van der Waals surface area contributed by atoms with E-state index in [2.05, 4.69) is 5.10 Å². The first-order valence-corrected chi connectivity index (χ1v) is 11.0. The first-order valence-electron chi connectivity index (χ1n) is 9.53. The van der Waals surface area contributed by atoms with Gasteiger partial charge in [0.25, 0.3) is 15.9 Å². The van der Waals surface area contributed by atoms with E-state index in [-0.39, 0.29) is 21.6 Å². The van der Waals surface area contributed by atoms with E-state index >= 15 is 0 Å². The zero-order valence-corrected chi connectivity index (χ0v) is 18.5. The Morgan fingerprint density at radius 3 is 2.52 bits per heavy atom. The molecule has 0 radical (unpaired) electrons. The minimum Gasteiger partial charge on any atom is -0.495 e. The van der Waals surface area contributed by atoms with Gasteiger partial charge >= 0.3 is 0 Å². The largest absolute Gasteiger partial charge is 0.495 e. The molecule has 31 heavy (non-hydrogen) atoms. The van der Waals surface area contributed by atoms with E-state index in [1.54, 1.807) is 35.3 Å². The van der Waals surface area contributed by atoms with Gasteiger partial charge < -0.3 is 4.74 Å². The van der Waals surface area contributed by atoms with Gasteiger partial charge in [0.15, 0.2) is 0 Å². The minimum atomic E-state index is -4.31.